The summed E-state index contributed by atoms with van der Waals surface area (Å²) in [6, 6.07) is 13.7. The van der Waals surface area contributed by atoms with Crippen LogP contribution >= 0.6 is 0 Å². The van der Waals surface area contributed by atoms with Crippen LogP contribution in [0, 0.1) is 5.82 Å². The van der Waals surface area contributed by atoms with E-state index >= 15 is 0 Å². The molecule has 2 aromatic carbocycles. The smallest absolute Gasteiger partial charge is 0.335 e. The summed E-state index contributed by atoms with van der Waals surface area (Å²) in [5, 5.41) is 12.3. The molecule has 5 nitrogen and oxygen atoms in total. The van der Waals surface area contributed by atoms with E-state index in [2.05, 4.69) is 10.2 Å². The van der Waals surface area contributed by atoms with Gasteiger partial charge in [-0.05, 0) is 42.2 Å². The maximum Gasteiger partial charge on any atom is 0.335 e. The third kappa shape index (κ3) is 4.03. The highest BCUT2D eigenvalue weighted by Gasteiger charge is 2.49. The van der Waals surface area contributed by atoms with E-state index in [1.165, 1.54) is 6.07 Å². The van der Waals surface area contributed by atoms with Crippen LogP contribution in [0.15, 0.2) is 48.5 Å². The summed E-state index contributed by atoms with van der Waals surface area (Å²) in [5.74, 6) is -1.26. The summed E-state index contributed by atoms with van der Waals surface area (Å²) in [5.41, 5.74) is 1.43. The molecule has 2 heterocycles. The predicted octanol–water partition coefficient (Wildman–Crippen LogP) is 3.55. The number of amides is 1. The second kappa shape index (κ2) is 7.95. The molecule has 0 saturated carbocycles. The lowest BCUT2D eigenvalue weighted by Gasteiger charge is -2.35. The maximum absolute atomic E-state index is 14.7. The van der Waals surface area contributed by atoms with Crippen LogP contribution in [0.25, 0.3) is 0 Å². The molecule has 0 radical (unpaired) electrons. The normalized spacial score (nSPS) is 25.0. The molecule has 6 heteroatoms. The number of aromatic carboxylic acids is 1. The van der Waals surface area contributed by atoms with Crippen molar-refractivity contribution in [2.45, 2.75) is 43.7 Å². The zero-order valence-corrected chi connectivity index (χ0v) is 16.2. The number of carbonyl (C=O) groups excluding carboxylic acids is 1. The molecule has 0 unspecified atom stereocenters. The number of carboxylic acid groups (broad SMARTS) is 1. The molecule has 1 spiro atoms. The number of carboxylic acids is 1. The minimum Gasteiger partial charge on any atom is -0.478 e. The Morgan fingerprint density at radius 3 is 2.66 bits per heavy atom. The van der Waals surface area contributed by atoms with E-state index in [1.807, 2.05) is 24.3 Å². The second-order valence-corrected chi connectivity index (χ2v) is 8.16. The van der Waals surface area contributed by atoms with Crippen LogP contribution in [-0.2, 0) is 11.3 Å². The Morgan fingerprint density at radius 2 is 1.93 bits per heavy atom. The summed E-state index contributed by atoms with van der Waals surface area (Å²) < 4.78 is 14.7. The second-order valence-electron chi connectivity index (χ2n) is 8.16. The van der Waals surface area contributed by atoms with E-state index in [0.29, 0.717) is 31.6 Å². The van der Waals surface area contributed by atoms with Crippen molar-refractivity contribution in [1.82, 2.24) is 10.2 Å². The highest BCUT2D eigenvalue weighted by molar-refractivity contribution is 5.87. The molecule has 2 fully saturated rings. The van der Waals surface area contributed by atoms with Crippen molar-refractivity contribution in [3.8, 4) is 0 Å². The number of benzene rings is 2. The largest absolute Gasteiger partial charge is 0.478 e. The Kier molecular flexibility index (Phi) is 5.37. The van der Waals surface area contributed by atoms with E-state index in [4.69, 9.17) is 5.11 Å². The lowest BCUT2D eigenvalue weighted by Crippen LogP contribution is -2.52. The summed E-state index contributed by atoms with van der Waals surface area (Å²) in [4.78, 5) is 25.7. The summed E-state index contributed by atoms with van der Waals surface area (Å²) in [6.45, 7) is 1.92. The van der Waals surface area contributed by atoms with Crippen molar-refractivity contribution in [1.29, 1.82) is 0 Å². The lowest BCUT2D eigenvalue weighted by molar-refractivity contribution is -0.122. The van der Waals surface area contributed by atoms with Crippen LogP contribution in [0.1, 0.15) is 53.1 Å². The summed E-state index contributed by atoms with van der Waals surface area (Å²) in [6.07, 6.45) is 3.13. The minimum absolute atomic E-state index is 0.0384. The third-order valence-corrected chi connectivity index (χ3v) is 6.17. The van der Waals surface area contributed by atoms with Gasteiger partial charge in [-0.3, -0.25) is 9.69 Å². The molecule has 0 bridgehead atoms. The molecule has 2 saturated heterocycles. The SMILES string of the molecule is O=C1CCCC[C@]2(CN(Cc3ccc(C(=O)O)cc3)C[C@H]2c2ccccc2F)N1. The number of likely N-dealkylation sites (tertiary alicyclic amines) is 1. The zero-order valence-electron chi connectivity index (χ0n) is 16.2. The minimum atomic E-state index is -0.947. The molecule has 2 aliphatic heterocycles. The molecule has 2 aromatic rings. The molecule has 1 amide bonds. The average molecular weight is 396 g/mol. The van der Waals surface area contributed by atoms with Gasteiger partial charge in [-0.25, -0.2) is 9.18 Å². The van der Waals surface area contributed by atoms with Crippen molar-refractivity contribution in [2.24, 2.45) is 0 Å². The molecule has 2 atom stereocenters. The molecular formula is C23H25FN2O3. The van der Waals surface area contributed by atoms with Crippen LogP contribution in [0.4, 0.5) is 4.39 Å². The first-order chi connectivity index (χ1) is 14.0. The van der Waals surface area contributed by atoms with Crippen molar-refractivity contribution in [3.05, 3.63) is 71.0 Å². The fourth-order valence-electron chi connectivity index (χ4n) is 4.80. The number of rotatable bonds is 4. The van der Waals surface area contributed by atoms with Gasteiger partial charge in [0.05, 0.1) is 11.1 Å². The first kappa shape index (κ1) is 19.6. The first-order valence-corrected chi connectivity index (χ1v) is 10.1. The van der Waals surface area contributed by atoms with E-state index in [-0.39, 0.29) is 23.2 Å². The Morgan fingerprint density at radius 1 is 1.17 bits per heavy atom. The molecule has 2 aliphatic rings. The molecule has 0 aliphatic carbocycles. The lowest BCUT2D eigenvalue weighted by atomic mass is 9.78. The predicted molar refractivity (Wildman–Crippen MR) is 107 cm³/mol. The summed E-state index contributed by atoms with van der Waals surface area (Å²) in [7, 11) is 0. The van der Waals surface area contributed by atoms with E-state index in [9.17, 15) is 14.0 Å². The quantitative estimate of drug-likeness (QED) is 0.829. The third-order valence-electron chi connectivity index (χ3n) is 6.17. The van der Waals surface area contributed by atoms with E-state index in [0.717, 1.165) is 24.8 Å². The van der Waals surface area contributed by atoms with Gasteiger partial charge in [-0.15, -0.1) is 0 Å². The van der Waals surface area contributed by atoms with Crippen molar-refractivity contribution in [3.63, 3.8) is 0 Å². The fraction of sp³-hybridized carbons (Fsp3) is 0.391. The van der Waals surface area contributed by atoms with Gasteiger partial charge < -0.3 is 10.4 Å². The Balaban J connectivity index is 1.62. The number of nitrogens with zero attached hydrogens (tertiary/aromatic N) is 1. The molecular weight excluding hydrogens is 371 g/mol. The Hall–Kier alpha value is -2.73. The van der Waals surface area contributed by atoms with Crippen molar-refractivity contribution in [2.75, 3.05) is 13.1 Å². The molecule has 152 valence electrons. The maximum atomic E-state index is 14.7. The monoisotopic (exact) mass is 396 g/mol. The Bertz CT molecular complexity index is 915. The van der Waals surface area contributed by atoms with Gasteiger partial charge in [0.2, 0.25) is 5.91 Å². The van der Waals surface area contributed by atoms with Crippen LogP contribution in [0.3, 0.4) is 0 Å². The van der Waals surface area contributed by atoms with Crippen LogP contribution < -0.4 is 5.32 Å². The first-order valence-electron chi connectivity index (χ1n) is 10.1. The van der Waals surface area contributed by atoms with Gasteiger partial charge in [0.1, 0.15) is 5.82 Å². The van der Waals surface area contributed by atoms with Gasteiger partial charge in [0.15, 0.2) is 0 Å². The van der Waals surface area contributed by atoms with Gasteiger partial charge in [0.25, 0.3) is 0 Å². The number of nitrogens with one attached hydrogen (secondary N) is 1. The highest BCUT2D eigenvalue weighted by Crippen LogP contribution is 2.42. The van der Waals surface area contributed by atoms with E-state index in [1.54, 1.807) is 18.2 Å². The molecule has 2 N–H and O–H groups in total. The van der Waals surface area contributed by atoms with Crippen molar-refractivity contribution >= 4 is 11.9 Å². The highest BCUT2D eigenvalue weighted by atomic mass is 19.1. The van der Waals surface area contributed by atoms with Gasteiger partial charge >= 0.3 is 5.97 Å². The molecule has 4 rings (SSSR count). The van der Waals surface area contributed by atoms with Gasteiger partial charge in [0, 0.05) is 32.0 Å². The van der Waals surface area contributed by atoms with Gasteiger partial charge in [-0.1, -0.05) is 36.8 Å². The zero-order chi connectivity index (χ0) is 20.4. The Labute approximate surface area is 169 Å². The van der Waals surface area contributed by atoms with Crippen molar-refractivity contribution < 1.29 is 19.1 Å². The number of carbonyl (C=O) groups is 2. The van der Waals surface area contributed by atoms with Crippen LogP contribution in [0.5, 0.6) is 0 Å². The van der Waals surface area contributed by atoms with Crippen LogP contribution in [0.2, 0.25) is 0 Å². The van der Waals surface area contributed by atoms with Gasteiger partial charge in [-0.2, -0.15) is 0 Å². The molecule has 0 aromatic heterocycles. The number of hydrogen-bond donors (Lipinski definition) is 2. The summed E-state index contributed by atoms with van der Waals surface area (Å²) >= 11 is 0. The molecule has 29 heavy (non-hydrogen) atoms. The van der Waals surface area contributed by atoms with E-state index < -0.39 is 11.5 Å². The number of halogens is 1. The fourth-order valence-corrected chi connectivity index (χ4v) is 4.80. The standard InChI is InChI=1S/C23H25FN2O3/c24-20-6-2-1-5-18(20)19-14-26(13-16-8-10-17(11-9-16)22(28)29)15-23(19)12-4-3-7-21(27)25-23/h1-2,5-6,8-11,19H,3-4,7,12-15H2,(H,25,27)(H,28,29)/t19-,23+/m0/s1. The topological polar surface area (TPSA) is 69.6 Å². The number of hydrogen-bond acceptors (Lipinski definition) is 3. The van der Waals surface area contributed by atoms with Crippen LogP contribution in [-0.4, -0.2) is 40.5 Å². The average Bonchev–Trinajstić information content (AvgIpc) is 2.91.